The van der Waals surface area contributed by atoms with Crippen LogP contribution in [0, 0.1) is 0 Å². The van der Waals surface area contributed by atoms with Gasteiger partial charge in [-0.05, 0) is 102 Å². The Bertz CT molecular complexity index is 1600. The number of unbranched alkanes of at least 4 members (excludes halogenated alkanes) is 35. The molecule has 0 aliphatic rings. The highest BCUT2D eigenvalue weighted by atomic mass is 31.2. The van der Waals surface area contributed by atoms with E-state index in [2.05, 4.69) is 86.8 Å². The van der Waals surface area contributed by atoms with Gasteiger partial charge in [0.2, 0.25) is 5.91 Å². The molecule has 0 aromatic carbocycles. The fourth-order valence-corrected chi connectivity index (χ4v) is 10.3. The zero-order valence-corrected chi connectivity index (χ0v) is 54.2. The van der Waals surface area contributed by atoms with Crippen LogP contribution in [0.25, 0.3) is 0 Å². The number of rotatable bonds is 61. The average Bonchev–Trinajstić information content (AvgIpc) is 3.42. The van der Waals surface area contributed by atoms with Gasteiger partial charge in [0.1, 0.15) is 19.3 Å². The van der Waals surface area contributed by atoms with Gasteiger partial charge in [-0.2, -0.15) is 0 Å². The molecule has 0 fully saturated rings. The zero-order chi connectivity index (χ0) is 58.6. The molecule has 0 aromatic rings. The predicted octanol–water partition coefficient (Wildman–Crippen LogP) is 20.5. The minimum atomic E-state index is -4.71. The quantitative estimate of drug-likeness (QED) is 0.0212. The normalized spacial score (nSPS) is 14.0. The number of phosphoric acid groups is 1. The van der Waals surface area contributed by atoms with Crippen molar-refractivity contribution in [1.82, 2.24) is 5.32 Å². The molecule has 0 aromatic heterocycles. The molecule has 1 amide bonds. The highest BCUT2D eigenvalue weighted by molar-refractivity contribution is 7.45. The van der Waals surface area contributed by atoms with Crippen LogP contribution < -0.4 is 10.2 Å². The Kier molecular flexibility index (Phi) is 57.7. The number of allylic oxidation sites excluding steroid dienone is 11. The first kappa shape index (κ1) is 77.5. The fraction of sp³-hybridized carbons (Fsp3) is 0.800. The molecule has 0 radical (unpaired) electrons. The Hall–Kier alpha value is -2.55. The van der Waals surface area contributed by atoms with Crippen molar-refractivity contribution in [2.75, 3.05) is 40.9 Å². The number of ether oxygens (including phenoxy) is 1. The largest absolute Gasteiger partial charge is 0.756 e. The van der Waals surface area contributed by atoms with Gasteiger partial charge in [0, 0.05) is 12.8 Å². The third-order valence-electron chi connectivity index (χ3n) is 14.9. The lowest BCUT2D eigenvalue weighted by Gasteiger charge is -2.30. The highest BCUT2D eigenvalue weighted by Crippen LogP contribution is 2.38. The van der Waals surface area contributed by atoms with Crippen molar-refractivity contribution < 1.29 is 37.3 Å². The Balaban J connectivity index is 5.17. The van der Waals surface area contributed by atoms with Crippen LogP contribution in [-0.2, 0) is 27.9 Å². The monoisotopic (exact) mass is 1140 g/mol. The second-order valence-electron chi connectivity index (χ2n) is 24.0. The van der Waals surface area contributed by atoms with E-state index in [4.69, 9.17) is 13.8 Å². The van der Waals surface area contributed by atoms with E-state index in [1.54, 1.807) is 0 Å². The molecule has 0 saturated carbocycles. The van der Waals surface area contributed by atoms with Gasteiger partial charge < -0.3 is 28.5 Å². The van der Waals surface area contributed by atoms with Crippen molar-refractivity contribution in [2.45, 2.75) is 322 Å². The number of esters is 1. The number of likely N-dealkylation sites (N-methyl/N-ethyl adjacent to an activating group) is 1. The fourth-order valence-electron chi connectivity index (χ4n) is 9.62. The number of hydrogen-bond donors (Lipinski definition) is 1. The lowest BCUT2D eigenvalue weighted by molar-refractivity contribution is -0.870. The van der Waals surface area contributed by atoms with Crippen molar-refractivity contribution in [3.05, 3.63) is 72.9 Å². The van der Waals surface area contributed by atoms with Crippen LogP contribution in [0.1, 0.15) is 310 Å². The van der Waals surface area contributed by atoms with Gasteiger partial charge in [-0.15, -0.1) is 0 Å². The first-order chi connectivity index (χ1) is 38.9. The van der Waals surface area contributed by atoms with Gasteiger partial charge in [-0.3, -0.25) is 14.2 Å². The Morgan fingerprint density at radius 1 is 0.438 bits per heavy atom. The van der Waals surface area contributed by atoms with E-state index < -0.39 is 26.6 Å². The van der Waals surface area contributed by atoms with Crippen molar-refractivity contribution in [2.24, 2.45) is 0 Å². The summed E-state index contributed by atoms with van der Waals surface area (Å²) in [5.41, 5.74) is 0. The van der Waals surface area contributed by atoms with E-state index in [1.807, 2.05) is 33.3 Å². The number of nitrogens with one attached hydrogen (secondary N) is 1. The molecule has 0 aliphatic heterocycles. The van der Waals surface area contributed by atoms with Gasteiger partial charge in [0.15, 0.2) is 0 Å². The van der Waals surface area contributed by atoms with E-state index in [0.717, 1.165) is 89.9 Å². The number of quaternary nitrogens is 1. The van der Waals surface area contributed by atoms with Gasteiger partial charge in [-0.25, -0.2) is 0 Å². The summed E-state index contributed by atoms with van der Waals surface area (Å²) in [6.07, 6.45) is 77.2. The lowest BCUT2D eigenvalue weighted by Crippen LogP contribution is -2.47. The zero-order valence-electron chi connectivity index (χ0n) is 53.3. The van der Waals surface area contributed by atoms with Crippen LogP contribution in [0.3, 0.4) is 0 Å². The summed E-state index contributed by atoms with van der Waals surface area (Å²) in [6.45, 7) is 6.81. The molecule has 0 heterocycles. The SMILES string of the molecule is CCCCC/C=C\C/C=C\C/C=C\CCCCCCCCCCC(=O)NC(COP(=O)([O-])OCC[N+](C)(C)C)C(/C=C/CCCCCCCCCCCC)OC(=O)CCCCCCCCCCCCC/C=C\C/C=C\CCCCC. The molecule has 0 aliphatic carbocycles. The number of carbonyl (C=O) groups excluding carboxylic acids is 2. The van der Waals surface area contributed by atoms with Crippen LogP contribution in [-0.4, -0.2) is 69.4 Å². The van der Waals surface area contributed by atoms with E-state index in [1.165, 1.54) is 186 Å². The van der Waals surface area contributed by atoms with Gasteiger partial charge in [0.05, 0.1) is 33.8 Å². The number of carbonyl (C=O) groups is 2. The van der Waals surface area contributed by atoms with Gasteiger partial charge >= 0.3 is 5.97 Å². The van der Waals surface area contributed by atoms with Crippen molar-refractivity contribution >= 4 is 19.7 Å². The summed E-state index contributed by atoms with van der Waals surface area (Å²) in [4.78, 5) is 40.1. The molecule has 0 saturated heterocycles. The molecule has 80 heavy (non-hydrogen) atoms. The summed E-state index contributed by atoms with van der Waals surface area (Å²) < 4.78 is 30.4. The predicted molar refractivity (Wildman–Crippen MR) is 344 cm³/mol. The molecule has 0 spiro atoms. The molecular weight excluding hydrogens is 1010 g/mol. The van der Waals surface area contributed by atoms with Crippen molar-refractivity contribution in [3.8, 4) is 0 Å². The Morgan fingerprint density at radius 2 is 0.762 bits per heavy atom. The second-order valence-corrected chi connectivity index (χ2v) is 25.4. The molecule has 3 unspecified atom stereocenters. The lowest BCUT2D eigenvalue weighted by atomic mass is 10.0. The van der Waals surface area contributed by atoms with Crippen LogP contribution in [0.2, 0.25) is 0 Å². The van der Waals surface area contributed by atoms with Gasteiger partial charge in [-0.1, -0.05) is 267 Å². The number of amides is 1. The number of nitrogens with zero attached hydrogens (tertiary/aromatic N) is 1. The molecule has 466 valence electrons. The maximum atomic E-state index is 13.6. The first-order valence-electron chi connectivity index (χ1n) is 33.7. The summed E-state index contributed by atoms with van der Waals surface area (Å²) >= 11 is 0. The van der Waals surface area contributed by atoms with E-state index >= 15 is 0 Å². The third-order valence-corrected chi connectivity index (χ3v) is 15.8. The average molecular weight is 1140 g/mol. The molecule has 0 rings (SSSR count). The maximum absolute atomic E-state index is 13.6. The minimum Gasteiger partial charge on any atom is -0.756 e. The molecule has 0 bridgehead atoms. The minimum absolute atomic E-state index is 0.0258. The van der Waals surface area contributed by atoms with Crippen LogP contribution in [0.5, 0.6) is 0 Å². The third kappa shape index (κ3) is 60.1. The highest BCUT2D eigenvalue weighted by Gasteiger charge is 2.27. The van der Waals surface area contributed by atoms with E-state index in [9.17, 15) is 19.0 Å². The Labute approximate surface area is 495 Å². The first-order valence-corrected chi connectivity index (χ1v) is 35.2. The van der Waals surface area contributed by atoms with Crippen molar-refractivity contribution in [3.63, 3.8) is 0 Å². The van der Waals surface area contributed by atoms with Crippen LogP contribution in [0.4, 0.5) is 0 Å². The standard InChI is InChI=1S/C70H129N2O7P/c1-7-10-13-16-19-22-25-28-30-32-34-36-38-40-42-44-47-50-53-56-59-62-69(73)71-67(66-78-80(75,76)77-65-64-72(4,5)6)68(61-58-55-52-49-46-27-24-21-18-15-12-9-3)79-70(74)63-60-57-54-51-48-45-43-41-39-37-35-33-31-29-26-23-20-17-14-11-8-2/h19-20,22-23,28-31,34,36,58,61,67-68H,7-18,21,24-27,32-33,35,37-57,59-60,62-66H2,1-6H3,(H-,71,73,75,76)/b22-19-,23-20-,30-28-,31-29-,36-34-,61-58+. The maximum Gasteiger partial charge on any atom is 0.306 e. The Morgan fingerprint density at radius 3 is 1.16 bits per heavy atom. The van der Waals surface area contributed by atoms with Gasteiger partial charge in [0.25, 0.3) is 7.82 Å². The molecule has 1 N–H and O–H groups in total. The number of phosphoric ester groups is 1. The van der Waals surface area contributed by atoms with Crippen LogP contribution >= 0.6 is 7.82 Å². The van der Waals surface area contributed by atoms with E-state index in [-0.39, 0.29) is 24.9 Å². The smallest absolute Gasteiger partial charge is 0.306 e. The molecule has 9 nitrogen and oxygen atoms in total. The second kappa shape index (κ2) is 59.6. The summed E-state index contributed by atoms with van der Waals surface area (Å²) in [5.74, 6) is -0.545. The van der Waals surface area contributed by atoms with Crippen molar-refractivity contribution in [1.29, 1.82) is 0 Å². The molecule has 3 atom stereocenters. The molecule has 10 heteroatoms. The summed E-state index contributed by atoms with van der Waals surface area (Å²) in [5, 5.41) is 3.04. The molecular formula is C70H129N2O7P. The summed E-state index contributed by atoms with van der Waals surface area (Å²) in [7, 11) is 1.18. The topological polar surface area (TPSA) is 114 Å². The van der Waals surface area contributed by atoms with Crippen LogP contribution in [0.15, 0.2) is 72.9 Å². The number of hydrogen-bond acceptors (Lipinski definition) is 7. The van der Waals surface area contributed by atoms with E-state index in [0.29, 0.717) is 17.4 Å². The summed E-state index contributed by atoms with van der Waals surface area (Å²) in [6, 6.07) is -0.896.